The molecule has 3 N–H and O–H groups in total. The molecule has 1 aromatic carbocycles. The van der Waals surface area contributed by atoms with Crippen LogP contribution in [0.2, 0.25) is 0 Å². The van der Waals surface area contributed by atoms with Gasteiger partial charge in [0.15, 0.2) is 0 Å². The fourth-order valence-electron chi connectivity index (χ4n) is 1.73. The van der Waals surface area contributed by atoms with Gasteiger partial charge in [0, 0.05) is 12.6 Å². The van der Waals surface area contributed by atoms with Crippen molar-refractivity contribution in [3.05, 3.63) is 29.3 Å². The van der Waals surface area contributed by atoms with Gasteiger partial charge in [-0.1, -0.05) is 19.9 Å². The Bertz CT molecular complexity index is 598. The molecule has 0 aliphatic rings. The van der Waals surface area contributed by atoms with Crippen LogP contribution in [-0.2, 0) is 16.2 Å². The number of nitrogens with two attached hydrogens (primary N) is 1. The zero-order chi connectivity index (χ0) is 16.4. The average Bonchev–Trinajstić information content (AvgIpc) is 2.34. The van der Waals surface area contributed by atoms with Crippen molar-refractivity contribution in [2.45, 2.75) is 37.9 Å². The molecule has 21 heavy (non-hydrogen) atoms. The van der Waals surface area contributed by atoms with E-state index in [0.29, 0.717) is 0 Å². The van der Waals surface area contributed by atoms with Gasteiger partial charge in [-0.25, -0.2) is 13.1 Å². The van der Waals surface area contributed by atoms with E-state index in [1.165, 1.54) is 0 Å². The molecule has 0 fully saturated rings. The van der Waals surface area contributed by atoms with Crippen LogP contribution in [0.15, 0.2) is 23.1 Å². The molecule has 1 rings (SSSR count). The van der Waals surface area contributed by atoms with Crippen molar-refractivity contribution in [2.24, 2.45) is 11.7 Å². The smallest absolute Gasteiger partial charge is 0.326 e. The molecule has 0 spiro atoms. The van der Waals surface area contributed by atoms with Gasteiger partial charge in [0.1, 0.15) is 0 Å². The van der Waals surface area contributed by atoms with E-state index in [9.17, 15) is 21.6 Å². The molecular formula is C13H19F3N2O2S. The van der Waals surface area contributed by atoms with Crippen molar-refractivity contribution >= 4 is 10.0 Å². The maximum absolute atomic E-state index is 12.8. The summed E-state index contributed by atoms with van der Waals surface area (Å²) >= 11 is 0. The Morgan fingerprint density at radius 1 is 1.29 bits per heavy atom. The molecule has 0 saturated carbocycles. The van der Waals surface area contributed by atoms with Gasteiger partial charge in [-0.2, -0.15) is 13.2 Å². The first-order valence-electron chi connectivity index (χ1n) is 6.39. The second kappa shape index (κ2) is 6.33. The van der Waals surface area contributed by atoms with Crippen LogP contribution in [0.25, 0.3) is 0 Å². The van der Waals surface area contributed by atoms with Gasteiger partial charge in [-0.05, 0) is 30.5 Å². The highest BCUT2D eigenvalue weighted by atomic mass is 32.2. The van der Waals surface area contributed by atoms with Crippen molar-refractivity contribution < 1.29 is 21.6 Å². The van der Waals surface area contributed by atoms with Gasteiger partial charge in [0.05, 0.1) is 10.5 Å². The number of sulfonamides is 1. The topological polar surface area (TPSA) is 72.2 Å². The third-order valence-electron chi connectivity index (χ3n) is 3.24. The van der Waals surface area contributed by atoms with Crippen molar-refractivity contribution in [3.8, 4) is 0 Å². The average molecular weight is 324 g/mol. The minimum Gasteiger partial charge on any atom is -0.326 e. The Kier molecular flexibility index (Phi) is 5.40. The van der Waals surface area contributed by atoms with Crippen LogP contribution in [-0.4, -0.2) is 21.0 Å². The minimum atomic E-state index is -4.59. The molecule has 0 aliphatic heterocycles. The summed E-state index contributed by atoms with van der Waals surface area (Å²) in [7, 11) is -4.03. The molecule has 0 bridgehead atoms. The molecule has 0 amide bonds. The van der Waals surface area contributed by atoms with Crippen molar-refractivity contribution in [3.63, 3.8) is 0 Å². The summed E-state index contributed by atoms with van der Waals surface area (Å²) in [5.74, 6) is 0.0512. The predicted molar refractivity (Wildman–Crippen MR) is 74.2 cm³/mol. The second-order valence-corrected chi connectivity index (χ2v) is 6.92. The summed E-state index contributed by atoms with van der Waals surface area (Å²) in [6.07, 6.45) is -4.59. The number of benzene rings is 1. The van der Waals surface area contributed by atoms with Crippen molar-refractivity contribution in [1.82, 2.24) is 4.72 Å². The molecule has 0 aliphatic carbocycles. The van der Waals surface area contributed by atoms with Gasteiger partial charge in [0.2, 0.25) is 10.0 Å². The van der Waals surface area contributed by atoms with Crippen LogP contribution in [0.3, 0.4) is 0 Å². The Balaban J connectivity index is 3.10. The van der Waals surface area contributed by atoms with Crippen LogP contribution in [0, 0.1) is 12.8 Å². The van der Waals surface area contributed by atoms with Crippen LogP contribution >= 0.6 is 0 Å². The number of rotatable bonds is 5. The molecule has 0 aromatic heterocycles. The summed E-state index contributed by atoms with van der Waals surface area (Å²) in [6, 6.07) is 2.67. The Hall–Kier alpha value is -1.12. The third-order valence-corrected chi connectivity index (χ3v) is 4.81. The molecule has 0 saturated heterocycles. The zero-order valence-electron chi connectivity index (χ0n) is 12.0. The summed E-state index contributed by atoms with van der Waals surface area (Å²) in [6.45, 7) is 4.76. The highest BCUT2D eigenvalue weighted by Crippen LogP contribution is 2.34. The fraction of sp³-hybridized carbons (Fsp3) is 0.538. The summed E-state index contributed by atoms with van der Waals surface area (Å²) in [4.78, 5) is -0.381. The lowest BCUT2D eigenvalue weighted by Gasteiger charge is -2.18. The maximum Gasteiger partial charge on any atom is 0.416 e. The highest BCUT2D eigenvalue weighted by Gasteiger charge is 2.34. The Labute approximate surface area is 122 Å². The summed E-state index contributed by atoms with van der Waals surface area (Å²) < 4.78 is 64.9. The third kappa shape index (κ3) is 4.42. The second-order valence-electron chi connectivity index (χ2n) is 5.19. The lowest BCUT2D eigenvalue weighted by molar-refractivity contribution is -0.138. The molecule has 120 valence electrons. The lowest BCUT2D eigenvalue weighted by Crippen LogP contribution is -2.40. The Morgan fingerprint density at radius 3 is 2.33 bits per heavy atom. The number of hydrogen-bond acceptors (Lipinski definition) is 3. The van der Waals surface area contributed by atoms with E-state index in [-0.39, 0.29) is 22.9 Å². The van der Waals surface area contributed by atoms with Gasteiger partial charge < -0.3 is 5.73 Å². The standard InChI is InChI=1S/C13H19F3N2O2S/c1-8(2)11(17)7-18-21(19,20)12-6-4-5-10(9(12)3)13(14,15)16/h4-6,8,11,18H,7,17H2,1-3H3. The molecule has 0 heterocycles. The molecule has 8 heteroatoms. The van der Waals surface area contributed by atoms with E-state index in [2.05, 4.69) is 4.72 Å². The fourth-order valence-corrected chi connectivity index (χ4v) is 3.07. The summed E-state index contributed by atoms with van der Waals surface area (Å²) in [5.41, 5.74) is 4.45. The number of hydrogen-bond donors (Lipinski definition) is 2. The lowest BCUT2D eigenvalue weighted by atomic mass is 10.1. The van der Waals surface area contributed by atoms with Crippen LogP contribution < -0.4 is 10.5 Å². The first kappa shape index (κ1) is 17.9. The predicted octanol–water partition coefficient (Wildman–Crippen LogP) is 2.28. The molecule has 1 aromatic rings. The van der Waals surface area contributed by atoms with Gasteiger partial charge in [0.25, 0.3) is 0 Å². The molecule has 1 unspecified atom stereocenters. The van der Waals surface area contributed by atoms with E-state index in [1.54, 1.807) is 0 Å². The maximum atomic E-state index is 12.8. The van der Waals surface area contributed by atoms with Gasteiger partial charge in [-0.3, -0.25) is 0 Å². The molecule has 1 atom stereocenters. The van der Waals surface area contributed by atoms with Crippen LogP contribution in [0.5, 0.6) is 0 Å². The van der Waals surface area contributed by atoms with E-state index >= 15 is 0 Å². The molecular weight excluding hydrogens is 305 g/mol. The number of nitrogens with one attached hydrogen (secondary N) is 1. The zero-order valence-corrected chi connectivity index (χ0v) is 12.8. The largest absolute Gasteiger partial charge is 0.416 e. The van der Waals surface area contributed by atoms with Crippen LogP contribution in [0.4, 0.5) is 13.2 Å². The van der Waals surface area contributed by atoms with E-state index in [0.717, 1.165) is 25.1 Å². The summed E-state index contributed by atoms with van der Waals surface area (Å²) in [5, 5.41) is 0. The van der Waals surface area contributed by atoms with Crippen molar-refractivity contribution in [2.75, 3.05) is 6.54 Å². The van der Waals surface area contributed by atoms with Crippen molar-refractivity contribution in [1.29, 1.82) is 0 Å². The van der Waals surface area contributed by atoms with Crippen LogP contribution in [0.1, 0.15) is 25.0 Å². The SMILES string of the molecule is Cc1c(C(F)(F)F)cccc1S(=O)(=O)NCC(N)C(C)C. The monoisotopic (exact) mass is 324 g/mol. The normalized spacial score (nSPS) is 14.5. The highest BCUT2D eigenvalue weighted by molar-refractivity contribution is 7.89. The first-order valence-corrected chi connectivity index (χ1v) is 7.87. The Morgan fingerprint density at radius 2 is 1.86 bits per heavy atom. The molecule has 0 radical (unpaired) electrons. The first-order chi connectivity index (χ1) is 9.47. The quantitative estimate of drug-likeness (QED) is 0.873. The van der Waals surface area contributed by atoms with Gasteiger partial charge in [-0.15, -0.1) is 0 Å². The van der Waals surface area contributed by atoms with Gasteiger partial charge >= 0.3 is 6.18 Å². The minimum absolute atomic E-state index is 0.0321. The number of halogens is 3. The molecule has 4 nitrogen and oxygen atoms in total. The van der Waals surface area contributed by atoms with E-state index in [1.807, 2.05) is 13.8 Å². The van der Waals surface area contributed by atoms with E-state index < -0.39 is 27.8 Å². The van der Waals surface area contributed by atoms with E-state index in [4.69, 9.17) is 5.73 Å². The number of alkyl halides is 3.